The lowest BCUT2D eigenvalue weighted by Crippen LogP contribution is -1.96. The predicted octanol–water partition coefficient (Wildman–Crippen LogP) is 6.28. The molecule has 1 atom stereocenters. The van der Waals surface area contributed by atoms with E-state index in [-0.39, 0.29) is 23.0 Å². The summed E-state index contributed by atoms with van der Waals surface area (Å²) in [5.74, 6) is 3.80. The van der Waals surface area contributed by atoms with Crippen molar-refractivity contribution in [1.82, 2.24) is 0 Å². The van der Waals surface area contributed by atoms with Gasteiger partial charge >= 0.3 is 0 Å². The normalized spacial score (nSPS) is 15.2. The number of benzene rings is 3. The fraction of sp³-hybridized carbons (Fsp3) is 0.120. The largest absolute Gasteiger partial charge is 0.368 e. The Kier molecular flexibility index (Phi) is 5.24. The van der Waals surface area contributed by atoms with Crippen molar-refractivity contribution in [2.24, 2.45) is 0 Å². The van der Waals surface area contributed by atoms with Crippen molar-refractivity contribution in [2.45, 2.75) is 13.0 Å². The van der Waals surface area contributed by atoms with Crippen molar-refractivity contribution >= 4 is 6.08 Å². The molecule has 0 bridgehead atoms. The minimum absolute atomic E-state index is 0.188. The van der Waals surface area contributed by atoms with Crippen molar-refractivity contribution in [3.8, 4) is 23.0 Å². The molecule has 1 unspecified atom stereocenters. The number of halogens is 3. The van der Waals surface area contributed by atoms with Crippen LogP contribution in [-0.2, 0) is 4.74 Å². The number of epoxide rings is 1. The molecule has 0 radical (unpaired) electrons. The summed E-state index contributed by atoms with van der Waals surface area (Å²) in [4.78, 5) is 0. The molecule has 1 nitrogen and oxygen atoms in total. The summed E-state index contributed by atoms with van der Waals surface area (Å²) in [7, 11) is 0. The maximum absolute atomic E-state index is 14.4. The van der Waals surface area contributed by atoms with Gasteiger partial charge in [0.05, 0.1) is 6.61 Å². The van der Waals surface area contributed by atoms with Gasteiger partial charge in [0.15, 0.2) is 11.6 Å². The number of allylic oxidation sites excluding steroid dienone is 1. The average molecular weight is 390 g/mol. The molecule has 29 heavy (non-hydrogen) atoms. The molecule has 4 rings (SSSR count). The highest BCUT2D eigenvalue weighted by molar-refractivity contribution is 5.66. The lowest BCUT2D eigenvalue weighted by atomic mass is 10.0. The quantitative estimate of drug-likeness (QED) is 0.379. The zero-order chi connectivity index (χ0) is 20.4. The maximum atomic E-state index is 14.4. The Morgan fingerprint density at radius 1 is 0.897 bits per heavy atom. The Morgan fingerprint density at radius 2 is 1.59 bits per heavy atom. The van der Waals surface area contributed by atoms with Gasteiger partial charge < -0.3 is 4.74 Å². The highest BCUT2D eigenvalue weighted by atomic mass is 19.2. The van der Waals surface area contributed by atoms with Crippen LogP contribution in [0.5, 0.6) is 0 Å². The maximum Gasteiger partial charge on any atom is 0.167 e. The molecule has 144 valence electrons. The lowest BCUT2D eigenvalue weighted by molar-refractivity contribution is 0.401. The molecule has 1 fully saturated rings. The Labute approximate surface area is 167 Å². The molecule has 3 aromatic rings. The third-order valence-corrected chi connectivity index (χ3v) is 4.69. The minimum Gasteiger partial charge on any atom is -0.368 e. The summed E-state index contributed by atoms with van der Waals surface area (Å²) in [6.07, 6.45) is 3.12. The van der Waals surface area contributed by atoms with Gasteiger partial charge in [-0.05, 0) is 36.8 Å². The van der Waals surface area contributed by atoms with Crippen LogP contribution < -0.4 is 0 Å². The highest BCUT2D eigenvalue weighted by Crippen LogP contribution is 2.35. The molecule has 1 heterocycles. The molecule has 0 aliphatic carbocycles. The molecular formula is C25H17F3O. The lowest BCUT2D eigenvalue weighted by Gasteiger charge is -2.07. The van der Waals surface area contributed by atoms with Crippen LogP contribution in [0.4, 0.5) is 13.2 Å². The molecule has 0 saturated carbocycles. The van der Waals surface area contributed by atoms with Crippen LogP contribution in [0, 0.1) is 29.3 Å². The van der Waals surface area contributed by atoms with Crippen LogP contribution in [0.15, 0.2) is 60.7 Å². The van der Waals surface area contributed by atoms with Gasteiger partial charge in [-0.25, -0.2) is 13.2 Å². The van der Waals surface area contributed by atoms with E-state index in [2.05, 4.69) is 11.8 Å². The molecule has 4 heteroatoms. The molecule has 1 aliphatic heterocycles. The van der Waals surface area contributed by atoms with Crippen molar-refractivity contribution in [2.75, 3.05) is 6.61 Å². The first kappa shape index (κ1) is 19.0. The van der Waals surface area contributed by atoms with Gasteiger partial charge in [-0.3, -0.25) is 0 Å². The minimum atomic E-state index is -0.881. The first-order valence-corrected chi connectivity index (χ1v) is 9.21. The second-order valence-corrected chi connectivity index (χ2v) is 6.72. The van der Waals surface area contributed by atoms with Crippen LogP contribution in [0.3, 0.4) is 0 Å². The van der Waals surface area contributed by atoms with E-state index in [0.29, 0.717) is 28.9 Å². The van der Waals surface area contributed by atoms with Gasteiger partial charge in [0, 0.05) is 27.8 Å². The van der Waals surface area contributed by atoms with E-state index >= 15 is 0 Å². The van der Waals surface area contributed by atoms with E-state index in [1.54, 1.807) is 60.7 Å². The van der Waals surface area contributed by atoms with Gasteiger partial charge in [0.2, 0.25) is 0 Å². The molecular weight excluding hydrogens is 373 g/mol. The van der Waals surface area contributed by atoms with Crippen molar-refractivity contribution < 1.29 is 17.9 Å². The first-order valence-electron chi connectivity index (χ1n) is 9.21. The van der Waals surface area contributed by atoms with Crippen LogP contribution in [0.1, 0.15) is 35.3 Å². The molecule has 0 amide bonds. The standard InChI is InChI=1S/C25H17F3O/c1-2-3-19-11-8-17(14-22(19)26)5-4-16-6-9-18(10-7-16)20-12-13-21(23-15-29-23)25(28)24(20)27/h2-3,6-14,23H,15H2,1H3/b3-2+. The fourth-order valence-electron chi connectivity index (χ4n) is 3.06. The van der Waals surface area contributed by atoms with Crippen molar-refractivity contribution in [1.29, 1.82) is 0 Å². The van der Waals surface area contributed by atoms with E-state index < -0.39 is 11.6 Å². The smallest absolute Gasteiger partial charge is 0.167 e. The van der Waals surface area contributed by atoms with Gasteiger partial charge in [-0.15, -0.1) is 0 Å². The summed E-state index contributed by atoms with van der Waals surface area (Å²) in [5.41, 5.74) is 2.75. The van der Waals surface area contributed by atoms with Crippen molar-refractivity contribution in [3.05, 3.63) is 100 Å². The van der Waals surface area contributed by atoms with Gasteiger partial charge in [-0.2, -0.15) is 0 Å². The van der Waals surface area contributed by atoms with E-state index in [4.69, 9.17) is 4.74 Å². The molecule has 0 spiro atoms. The molecule has 1 saturated heterocycles. The number of ether oxygens (including phenoxy) is 1. The van der Waals surface area contributed by atoms with E-state index in [1.807, 2.05) is 6.92 Å². The first-order chi connectivity index (χ1) is 14.1. The third kappa shape index (κ3) is 4.11. The average Bonchev–Trinajstić information content (AvgIpc) is 3.56. The second kappa shape index (κ2) is 7.98. The molecule has 3 aromatic carbocycles. The molecule has 0 aromatic heterocycles. The topological polar surface area (TPSA) is 12.5 Å². The van der Waals surface area contributed by atoms with E-state index in [0.717, 1.165) is 0 Å². The molecule has 1 aliphatic rings. The van der Waals surface area contributed by atoms with Crippen LogP contribution in [0.2, 0.25) is 0 Å². The highest BCUT2D eigenvalue weighted by Gasteiger charge is 2.30. The van der Waals surface area contributed by atoms with Crippen LogP contribution in [0.25, 0.3) is 17.2 Å². The van der Waals surface area contributed by atoms with Gasteiger partial charge in [-0.1, -0.05) is 54.3 Å². The summed E-state index contributed by atoms with van der Waals surface area (Å²) >= 11 is 0. The second-order valence-electron chi connectivity index (χ2n) is 6.72. The summed E-state index contributed by atoms with van der Waals surface area (Å²) in [5, 5.41) is 0. The predicted molar refractivity (Wildman–Crippen MR) is 108 cm³/mol. The van der Waals surface area contributed by atoms with Crippen LogP contribution >= 0.6 is 0 Å². The monoisotopic (exact) mass is 390 g/mol. The number of hydrogen-bond donors (Lipinski definition) is 0. The third-order valence-electron chi connectivity index (χ3n) is 4.69. The van der Waals surface area contributed by atoms with Gasteiger partial charge in [0.25, 0.3) is 0 Å². The zero-order valence-electron chi connectivity index (χ0n) is 15.7. The van der Waals surface area contributed by atoms with E-state index in [1.165, 1.54) is 6.07 Å². The summed E-state index contributed by atoms with van der Waals surface area (Å²) in [6, 6.07) is 14.8. The number of rotatable bonds is 3. The SMILES string of the molecule is C/C=C/c1ccc(C#Cc2ccc(-c3ccc(C4CO4)c(F)c3F)cc2)cc1F. The summed E-state index contributed by atoms with van der Waals surface area (Å²) in [6.45, 7) is 2.25. The molecule has 0 N–H and O–H groups in total. The Bertz CT molecular complexity index is 1150. The fourth-order valence-corrected chi connectivity index (χ4v) is 3.06. The Hall–Kier alpha value is -3.29. The summed E-state index contributed by atoms with van der Waals surface area (Å²) < 4.78 is 47.7. The van der Waals surface area contributed by atoms with Crippen LogP contribution in [-0.4, -0.2) is 6.61 Å². The zero-order valence-corrected chi connectivity index (χ0v) is 15.7. The number of hydrogen-bond acceptors (Lipinski definition) is 1. The Balaban J connectivity index is 1.56. The Morgan fingerprint density at radius 3 is 2.24 bits per heavy atom. The van der Waals surface area contributed by atoms with Gasteiger partial charge in [0.1, 0.15) is 11.9 Å². The van der Waals surface area contributed by atoms with Crippen molar-refractivity contribution in [3.63, 3.8) is 0 Å². The van der Waals surface area contributed by atoms with E-state index in [9.17, 15) is 13.2 Å².